The Labute approximate surface area is 121 Å². The molecule has 1 aromatic heterocycles. The van der Waals surface area contributed by atoms with Gasteiger partial charge in [0.15, 0.2) is 0 Å². The minimum absolute atomic E-state index is 0.0496. The van der Waals surface area contributed by atoms with Crippen LogP contribution in [0.4, 0.5) is 11.8 Å². The molecule has 112 valence electrons. The van der Waals surface area contributed by atoms with Crippen LogP contribution in [0.2, 0.25) is 0 Å². The standard InChI is InChI=1S/C14H25N5O/c1-6-8-15-14-16-9-10(3)12(18-14)17-11(4)13(20)19(5)7-2/h9,11H,6-8H2,1-5H3,(H2,15,16,17,18). The summed E-state index contributed by atoms with van der Waals surface area (Å²) in [5.41, 5.74) is 0.922. The Bertz CT molecular complexity index is 449. The highest BCUT2D eigenvalue weighted by Crippen LogP contribution is 2.14. The number of anilines is 2. The maximum atomic E-state index is 12.1. The fourth-order valence-corrected chi connectivity index (χ4v) is 1.66. The molecule has 0 aromatic carbocycles. The van der Waals surface area contributed by atoms with Gasteiger partial charge in [-0.05, 0) is 27.2 Å². The molecule has 0 radical (unpaired) electrons. The number of aromatic nitrogens is 2. The number of amides is 1. The molecule has 1 atom stereocenters. The van der Waals surface area contributed by atoms with E-state index in [-0.39, 0.29) is 11.9 Å². The first-order valence-corrected chi connectivity index (χ1v) is 7.08. The van der Waals surface area contributed by atoms with Crippen LogP contribution in [0, 0.1) is 6.92 Å². The number of nitrogens with zero attached hydrogens (tertiary/aromatic N) is 3. The van der Waals surface area contributed by atoms with E-state index in [1.165, 1.54) is 0 Å². The molecule has 1 aromatic rings. The molecule has 0 bridgehead atoms. The van der Waals surface area contributed by atoms with Gasteiger partial charge in [-0.25, -0.2) is 4.98 Å². The number of hydrogen-bond donors (Lipinski definition) is 2. The first-order valence-electron chi connectivity index (χ1n) is 7.08. The molecule has 20 heavy (non-hydrogen) atoms. The van der Waals surface area contributed by atoms with E-state index < -0.39 is 0 Å². The van der Waals surface area contributed by atoms with Crippen LogP contribution in [0.25, 0.3) is 0 Å². The van der Waals surface area contributed by atoms with Crippen LogP contribution in [0.1, 0.15) is 32.8 Å². The summed E-state index contributed by atoms with van der Waals surface area (Å²) in [5.74, 6) is 1.33. The maximum absolute atomic E-state index is 12.1. The van der Waals surface area contributed by atoms with Crippen LogP contribution < -0.4 is 10.6 Å². The number of aryl methyl sites for hydroxylation is 1. The minimum atomic E-state index is -0.312. The maximum Gasteiger partial charge on any atom is 0.244 e. The van der Waals surface area contributed by atoms with E-state index in [4.69, 9.17) is 0 Å². The molecule has 0 spiro atoms. The van der Waals surface area contributed by atoms with E-state index in [9.17, 15) is 4.79 Å². The Morgan fingerprint density at radius 1 is 1.45 bits per heavy atom. The lowest BCUT2D eigenvalue weighted by molar-refractivity contribution is -0.130. The first-order chi connectivity index (χ1) is 9.49. The number of carbonyl (C=O) groups excluding carboxylic acids is 1. The van der Waals surface area contributed by atoms with Gasteiger partial charge >= 0.3 is 0 Å². The van der Waals surface area contributed by atoms with Crippen molar-refractivity contribution in [1.29, 1.82) is 0 Å². The Hall–Kier alpha value is -1.85. The average Bonchev–Trinajstić information content (AvgIpc) is 2.46. The molecule has 0 aliphatic heterocycles. The van der Waals surface area contributed by atoms with Gasteiger partial charge in [0, 0.05) is 31.9 Å². The highest BCUT2D eigenvalue weighted by Gasteiger charge is 2.17. The molecule has 6 heteroatoms. The van der Waals surface area contributed by atoms with E-state index >= 15 is 0 Å². The SMILES string of the molecule is CCCNc1ncc(C)c(NC(C)C(=O)N(C)CC)n1. The van der Waals surface area contributed by atoms with Crippen LogP contribution in [0.5, 0.6) is 0 Å². The molecule has 1 amide bonds. The minimum Gasteiger partial charge on any atom is -0.358 e. The smallest absolute Gasteiger partial charge is 0.244 e. The summed E-state index contributed by atoms with van der Waals surface area (Å²) in [7, 11) is 1.79. The van der Waals surface area contributed by atoms with Gasteiger partial charge in [-0.3, -0.25) is 4.79 Å². The van der Waals surface area contributed by atoms with E-state index in [1.54, 1.807) is 18.1 Å². The van der Waals surface area contributed by atoms with Crippen molar-refractivity contribution in [2.24, 2.45) is 0 Å². The van der Waals surface area contributed by atoms with Crippen LogP contribution in [-0.2, 0) is 4.79 Å². The second-order valence-corrected chi connectivity index (χ2v) is 4.87. The van der Waals surface area contributed by atoms with Crippen molar-refractivity contribution in [1.82, 2.24) is 14.9 Å². The fourth-order valence-electron chi connectivity index (χ4n) is 1.66. The van der Waals surface area contributed by atoms with Gasteiger partial charge in [-0.15, -0.1) is 0 Å². The van der Waals surface area contributed by atoms with Crippen LogP contribution in [0.15, 0.2) is 6.20 Å². The van der Waals surface area contributed by atoms with E-state index in [0.717, 1.165) is 18.5 Å². The summed E-state index contributed by atoms with van der Waals surface area (Å²) < 4.78 is 0. The van der Waals surface area contributed by atoms with Gasteiger partial charge in [-0.1, -0.05) is 6.92 Å². The lowest BCUT2D eigenvalue weighted by atomic mass is 10.2. The zero-order valence-corrected chi connectivity index (χ0v) is 13.0. The lowest BCUT2D eigenvalue weighted by Gasteiger charge is -2.21. The normalized spacial score (nSPS) is 11.8. The van der Waals surface area contributed by atoms with Gasteiger partial charge in [0.1, 0.15) is 11.9 Å². The van der Waals surface area contributed by atoms with Crippen molar-refractivity contribution in [3.8, 4) is 0 Å². The summed E-state index contributed by atoms with van der Waals surface area (Å²) in [5, 5.41) is 6.30. The topological polar surface area (TPSA) is 70.2 Å². The monoisotopic (exact) mass is 279 g/mol. The van der Waals surface area contributed by atoms with E-state index in [2.05, 4.69) is 27.5 Å². The number of hydrogen-bond acceptors (Lipinski definition) is 5. The molecule has 0 saturated heterocycles. The van der Waals surface area contributed by atoms with Crippen molar-refractivity contribution >= 4 is 17.7 Å². The van der Waals surface area contributed by atoms with Crippen molar-refractivity contribution in [3.05, 3.63) is 11.8 Å². The Morgan fingerprint density at radius 2 is 2.15 bits per heavy atom. The van der Waals surface area contributed by atoms with Gasteiger partial charge in [0.25, 0.3) is 0 Å². The zero-order chi connectivity index (χ0) is 15.1. The van der Waals surface area contributed by atoms with Crippen molar-refractivity contribution in [2.75, 3.05) is 30.8 Å². The summed E-state index contributed by atoms with van der Waals surface area (Å²) >= 11 is 0. The average molecular weight is 279 g/mol. The highest BCUT2D eigenvalue weighted by molar-refractivity contribution is 5.84. The molecule has 1 heterocycles. The third-order valence-electron chi connectivity index (χ3n) is 3.08. The Balaban J connectivity index is 2.77. The van der Waals surface area contributed by atoms with Gasteiger partial charge in [0.2, 0.25) is 11.9 Å². The Morgan fingerprint density at radius 3 is 2.75 bits per heavy atom. The number of carbonyl (C=O) groups is 1. The second-order valence-electron chi connectivity index (χ2n) is 4.87. The third kappa shape index (κ3) is 4.36. The van der Waals surface area contributed by atoms with Gasteiger partial charge in [0.05, 0.1) is 0 Å². The van der Waals surface area contributed by atoms with Crippen LogP contribution in [0.3, 0.4) is 0 Å². The number of nitrogens with one attached hydrogen (secondary N) is 2. The van der Waals surface area contributed by atoms with E-state index in [1.807, 2.05) is 20.8 Å². The van der Waals surface area contributed by atoms with E-state index in [0.29, 0.717) is 18.3 Å². The molecule has 0 fully saturated rings. The number of rotatable bonds is 7. The Kier molecular flexibility index (Phi) is 6.21. The van der Waals surface area contributed by atoms with Gasteiger partial charge < -0.3 is 15.5 Å². The summed E-state index contributed by atoms with van der Waals surface area (Å²) in [4.78, 5) is 22.4. The summed E-state index contributed by atoms with van der Waals surface area (Å²) in [6.07, 6.45) is 2.77. The zero-order valence-electron chi connectivity index (χ0n) is 13.0. The van der Waals surface area contributed by atoms with Crippen molar-refractivity contribution in [2.45, 2.75) is 40.2 Å². The predicted octanol–water partition coefficient (Wildman–Crippen LogP) is 1.89. The lowest BCUT2D eigenvalue weighted by Crippen LogP contribution is -2.39. The quantitative estimate of drug-likeness (QED) is 0.797. The molecule has 6 nitrogen and oxygen atoms in total. The molecule has 1 unspecified atom stereocenters. The molecule has 0 saturated carbocycles. The molecule has 0 aliphatic rings. The summed E-state index contributed by atoms with van der Waals surface area (Å²) in [6, 6.07) is -0.312. The molecule has 2 N–H and O–H groups in total. The predicted molar refractivity (Wildman–Crippen MR) is 81.9 cm³/mol. The molecule has 1 rings (SSSR count). The third-order valence-corrected chi connectivity index (χ3v) is 3.08. The molecular formula is C14H25N5O. The fraction of sp³-hybridized carbons (Fsp3) is 0.643. The number of likely N-dealkylation sites (N-methyl/N-ethyl adjacent to an activating group) is 1. The molecule has 0 aliphatic carbocycles. The summed E-state index contributed by atoms with van der Waals surface area (Å²) in [6.45, 7) is 9.32. The van der Waals surface area contributed by atoms with Crippen LogP contribution in [-0.4, -0.2) is 47.0 Å². The first kappa shape index (κ1) is 16.2. The molecular weight excluding hydrogens is 254 g/mol. The van der Waals surface area contributed by atoms with Crippen LogP contribution >= 0.6 is 0 Å². The van der Waals surface area contributed by atoms with Crippen molar-refractivity contribution < 1.29 is 4.79 Å². The van der Waals surface area contributed by atoms with Gasteiger partial charge in [-0.2, -0.15) is 4.98 Å². The highest BCUT2D eigenvalue weighted by atomic mass is 16.2. The largest absolute Gasteiger partial charge is 0.358 e. The second kappa shape index (κ2) is 7.67. The van der Waals surface area contributed by atoms with Crippen molar-refractivity contribution in [3.63, 3.8) is 0 Å².